The van der Waals surface area contributed by atoms with Crippen molar-refractivity contribution in [2.45, 2.75) is 0 Å². The van der Waals surface area contributed by atoms with Crippen molar-refractivity contribution in [3.63, 3.8) is 0 Å². The minimum atomic E-state index is -0.307. The summed E-state index contributed by atoms with van der Waals surface area (Å²) in [6.45, 7) is 0. The van der Waals surface area contributed by atoms with Crippen LogP contribution in [0.4, 0.5) is 5.82 Å². The molecule has 76 valence electrons. The first-order valence-corrected chi connectivity index (χ1v) is 4.44. The maximum Gasteiger partial charge on any atom is 0.260 e. The molecule has 0 fully saturated rings. The molecule has 1 N–H and O–H groups in total. The molecule has 0 radical (unpaired) electrons. The maximum absolute atomic E-state index is 11.5. The summed E-state index contributed by atoms with van der Waals surface area (Å²) in [6.07, 6.45) is 4.04. The molecule has 6 heteroatoms. The largest absolute Gasteiger partial charge is 0.472 e. The van der Waals surface area contributed by atoms with Crippen LogP contribution in [0.1, 0.15) is 10.4 Å². The summed E-state index contributed by atoms with van der Waals surface area (Å²) in [7, 11) is 0. The third-order valence-electron chi connectivity index (χ3n) is 1.66. The first-order chi connectivity index (χ1) is 7.25. The Morgan fingerprint density at radius 1 is 1.47 bits per heavy atom. The van der Waals surface area contributed by atoms with Crippen LogP contribution in [-0.2, 0) is 0 Å². The molecule has 0 bridgehead atoms. The van der Waals surface area contributed by atoms with Gasteiger partial charge >= 0.3 is 0 Å². The fourth-order valence-corrected chi connectivity index (χ4v) is 1.13. The highest BCUT2D eigenvalue weighted by atomic mass is 35.5. The fraction of sp³-hybridized carbons (Fsp3) is 0. The Morgan fingerprint density at radius 3 is 3.00 bits per heavy atom. The molecule has 0 aliphatic heterocycles. The lowest BCUT2D eigenvalue weighted by Gasteiger charge is -2.01. The second kappa shape index (κ2) is 4.10. The Kier molecular flexibility index (Phi) is 2.64. The second-order valence-electron chi connectivity index (χ2n) is 2.69. The molecule has 2 heterocycles. The average molecular weight is 224 g/mol. The second-order valence-corrected chi connectivity index (χ2v) is 3.08. The van der Waals surface area contributed by atoms with Crippen molar-refractivity contribution in [2.24, 2.45) is 0 Å². The lowest BCUT2D eigenvalue weighted by atomic mass is 10.3. The van der Waals surface area contributed by atoms with Crippen LogP contribution in [0.3, 0.4) is 0 Å². The number of hydrogen-bond donors (Lipinski definition) is 1. The number of furan rings is 1. The van der Waals surface area contributed by atoms with Gasteiger partial charge in [0.05, 0.1) is 11.8 Å². The van der Waals surface area contributed by atoms with Gasteiger partial charge in [-0.05, 0) is 6.07 Å². The summed E-state index contributed by atoms with van der Waals surface area (Å²) < 4.78 is 4.78. The van der Waals surface area contributed by atoms with Crippen molar-refractivity contribution >= 4 is 23.3 Å². The Balaban J connectivity index is 2.13. The van der Waals surface area contributed by atoms with Gasteiger partial charge in [0.2, 0.25) is 0 Å². The summed E-state index contributed by atoms with van der Waals surface area (Å²) in [4.78, 5) is 19.0. The number of carbonyl (C=O) groups is 1. The third-order valence-corrected chi connectivity index (χ3v) is 1.87. The van der Waals surface area contributed by atoms with Gasteiger partial charge in [0.25, 0.3) is 5.91 Å². The lowest BCUT2D eigenvalue weighted by molar-refractivity contribution is 0.102. The van der Waals surface area contributed by atoms with Gasteiger partial charge in [0.1, 0.15) is 23.6 Å². The molecule has 0 spiro atoms. The molecule has 0 saturated carbocycles. The summed E-state index contributed by atoms with van der Waals surface area (Å²) in [6, 6.07) is 3.01. The highest BCUT2D eigenvalue weighted by molar-refractivity contribution is 6.29. The van der Waals surface area contributed by atoms with Crippen molar-refractivity contribution in [1.82, 2.24) is 9.97 Å². The van der Waals surface area contributed by atoms with E-state index in [1.807, 2.05) is 0 Å². The number of aromatic nitrogens is 2. The highest BCUT2D eigenvalue weighted by Gasteiger charge is 2.07. The number of nitrogens with zero attached hydrogens (tertiary/aromatic N) is 2. The Morgan fingerprint density at radius 2 is 2.33 bits per heavy atom. The molecule has 15 heavy (non-hydrogen) atoms. The van der Waals surface area contributed by atoms with Gasteiger partial charge in [-0.3, -0.25) is 4.79 Å². The molecule has 5 nitrogen and oxygen atoms in total. The van der Waals surface area contributed by atoms with Gasteiger partial charge in [-0.15, -0.1) is 0 Å². The highest BCUT2D eigenvalue weighted by Crippen LogP contribution is 2.10. The zero-order valence-electron chi connectivity index (χ0n) is 7.48. The molecule has 0 aliphatic carbocycles. The zero-order chi connectivity index (χ0) is 10.7. The van der Waals surface area contributed by atoms with E-state index in [0.29, 0.717) is 11.4 Å². The van der Waals surface area contributed by atoms with Crippen molar-refractivity contribution in [3.05, 3.63) is 41.7 Å². The quantitative estimate of drug-likeness (QED) is 0.791. The summed E-state index contributed by atoms with van der Waals surface area (Å²) in [5.74, 6) is 0.0414. The average Bonchev–Trinajstić information content (AvgIpc) is 2.70. The molecule has 2 aromatic heterocycles. The Labute approximate surface area is 90.1 Å². The van der Waals surface area contributed by atoms with Gasteiger partial charge < -0.3 is 9.73 Å². The number of rotatable bonds is 2. The normalized spacial score (nSPS) is 9.93. The number of amides is 1. The molecule has 0 unspecified atom stereocenters. The van der Waals surface area contributed by atoms with Crippen molar-refractivity contribution in [2.75, 3.05) is 5.32 Å². The van der Waals surface area contributed by atoms with Gasteiger partial charge in [-0.25, -0.2) is 9.97 Å². The topological polar surface area (TPSA) is 68.0 Å². The zero-order valence-corrected chi connectivity index (χ0v) is 8.23. The summed E-state index contributed by atoms with van der Waals surface area (Å²) >= 11 is 5.63. The van der Waals surface area contributed by atoms with Crippen LogP contribution in [0.15, 0.2) is 35.4 Å². The lowest BCUT2D eigenvalue weighted by Crippen LogP contribution is -2.11. The smallest absolute Gasteiger partial charge is 0.260 e. The number of halogens is 1. The number of carbonyl (C=O) groups excluding carboxylic acids is 1. The minimum Gasteiger partial charge on any atom is -0.472 e. The van der Waals surface area contributed by atoms with Crippen molar-refractivity contribution in [1.29, 1.82) is 0 Å². The first kappa shape index (κ1) is 9.67. The van der Waals surface area contributed by atoms with E-state index in [4.69, 9.17) is 16.0 Å². The van der Waals surface area contributed by atoms with E-state index in [0.717, 1.165) is 0 Å². The molecule has 1 amide bonds. The molecule has 0 saturated heterocycles. The van der Waals surface area contributed by atoms with Gasteiger partial charge in [-0.1, -0.05) is 11.6 Å². The molecule has 2 rings (SSSR count). The van der Waals surface area contributed by atoms with Gasteiger partial charge in [0, 0.05) is 6.07 Å². The number of nitrogens with one attached hydrogen (secondary N) is 1. The third kappa shape index (κ3) is 2.32. The Bertz CT molecular complexity index is 470. The van der Waals surface area contributed by atoms with Crippen molar-refractivity contribution in [3.8, 4) is 0 Å². The first-order valence-electron chi connectivity index (χ1n) is 4.07. The van der Waals surface area contributed by atoms with E-state index >= 15 is 0 Å². The van der Waals surface area contributed by atoms with Crippen LogP contribution in [0.5, 0.6) is 0 Å². The maximum atomic E-state index is 11.5. The SMILES string of the molecule is O=C(Nc1cc(Cl)ncn1)c1ccoc1. The van der Waals surface area contributed by atoms with Crippen LogP contribution in [-0.4, -0.2) is 15.9 Å². The van der Waals surface area contributed by atoms with E-state index in [1.165, 1.54) is 24.9 Å². The predicted molar refractivity (Wildman–Crippen MR) is 53.7 cm³/mol. The summed E-state index contributed by atoms with van der Waals surface area (Å²) in [5, 5.41) is 2.82. The van der Waals surface area contributed by atoms with E-state index in [1.54, 1.807) is 6.07 Å². The van der Waals surface area contributed by atoms with Crippen LogP contribution in [0.2, 0.25) is 5.15 Å². The number of hydrogen-bond acceptors (Lipinski definition) is 4. The van der Waals surface area contributed by atoms with Crippen LogP contribution >= 0.6 is 11.6 Å². The van der Waals surface area contributed by atoms with Gasteiger partial charge in [-0.2, -0.15) is 0 Å². The molecule has 0 aromatic carbocycles. The predicted octanol–water partition coefficient (Wildman–Crippen LogP) is 1.98. The standard InChI is InChI=1S/C9H6ClN3O2/c10-7-3-8(12-5-11-7)13-9(14)6-1-2-15-4-6/h1-5H,(H,11,12,13,14). The van der Waals surface area contributed by atoms with Crippen LogP contribution in [0.25, 0.3) is 0 Å². The molecular weight excluding hydrogens is 218 g/mol. The number of anilines is 1. The summed E-state index contributed by atoms with van der Waals surface area (Å²) in [5.41, 5.74) is 0.421. The molecule has 0 atom stereocenters. The van der Waals surface area contributed by atoms with E-state index < -0.39 is 0 Å². The van der Waals surface area contributed by atoms with Crippen LogP contribution in [0, 0.1) is 0 Å². The minimum absolute atomic E-state index is 0.271. The fourth-order valence-electron chi connectivity index (χ4n) is 0.984. The van der Waals surface area contributed by atoms with Crippen molar-refractivity contribution < 1.29 is 9.21 Å². The molecule has 2 aromatic rings. The molecule has 0 aliphatic rings. The molecular formula is C9H6ClN3O2. The van der Waals surface area contributed by atoms with Crippen LogP contribution < -0.4 is 5.32 Å². The van der Waals surface area contributed by atoms with E-state index in [-0.39, 0.29) is 11.1 Å². The monoisotopic (exact) mass is 223 g/mol. The van der Waals surface area contributed by atoms with E-state index in [2.05, 4.69) is 15.3 Å². The van der Waals surface area contributed by atoms with Gasteiger partial charge in [0.15, 0.2) is 0 Å². The Hall–Kier alpha value is -1.88. The van der Waals surface area contributed by atoms with E-state index in [9.17, 15) is 4.79 Å².